The van der Waals surface area contributed by atoms with Gasteiger partial charge in [0.05, 0.1) is 6.61 Å². The van der Waals surface area contributed by atoms with Gasteiger partial charge in [-0.05, 0) is 49.1 Å². The topological polar surface area (TPSA) is 105 Å². The molecule has 0 bridgehead atoms. The van der Waals surface area contributed by atoms with Crippen LogP contribution in [0.5, 0.6) is 5.75 Å². The Balaban J connectivity index is 2.01. The first-order valence-corrected chi connectivity index (χ1v) is 9.34. The van der Waals surface area contributed by atoms with Crippen molar-refractivity contribution in [2.75, 3.05) is 18.5 Å². The number of unbranched alkanes of at least 4 members (excludes halogenated alkanes) is 1. The lowest BCUT2D eigenvalue weighted by Crippen LogP contribution is -2.17. The normalized spacial score (nSPS) is 11.8. The summed E-state index contributed by atoms with van der Waals surface area (Å²) < 4.78 is 11.0. The molecule has 0 aliphatic heterocycles. The van der Waals surface area contributed by atoms with E-state index in [0.717, 1.165) is 11.6 Å². The first-order valence-electron chi connectivity index (χ1n) is 9.34. The van der Waals surface area contributed by atoms with E-state index in [9.17, 15) is 9.59 Å². The Morgan fingerprint density at radius 1 is 1.07 bits per heavy atom. The number of carboxylic acids is 1. The number of amides is 1. The molecular weight excluding hydrogens is 374 g/mol. The lowest BCUT2D eigenvalue weighted by Gasteiger charge is -2.19. The molecule has 0 spiro atoms. The van der Waals surface area contributed by atoms with Crippen LogP contribution in [-0.4, -0.2) is 35.5 Å². The SMILES string of the molecule is O=C(O)/C=C/CCC[C@@H](OC(=O)Nc1ccccc1)c1ccc(OCCO)cc1. The molecule has 0 saturated carbocycles. The fraction of sp³-hybridized carbons (Fsp3) is 0.273. The largest absolute Gasteiger partial charge is 0.491 e. The van der Waals surface area contributed by atoms with Gasteiger partial charge in [0.25, 0.3) is 0 Å². The van der Waals surface area contributed by atoms with E-state index in [1.54, 1.807) is 42.5 Å². The standard InChI is InChI=1S/C22H25NO6/c24-15-16-28-19-13-11-17(12-14-19)20(9-5-2-6-10-21(25)26)29-22(27)23-18-7-3-1-4-8-18/h1,3-4,6-8,10-14,20,24H,2,5,9,15-16H2,(H,23,27)(H,25,26)/b10-6+/t20-/m1/s1. The van der Waals surface area contributed by atoms with Gasteiger partial charge in [-0.15, -0.1) is 0 Å². The van der Waals surface area contributed by atoms with Crippen LogP contribution in [-0.2, 0) is 9.53 Å². The van der Waals surface area contributed by atoms with Crippen molar-refractivity contribution in [1.82, 2.24) is 0 Å². The van der Waals surface area contributed by atoms with E-state index >= 15 is 0 Å². The van der Waals surface area contributed by atoms with Crippen molar-refractivity contribution in [3.8, 4) is 5.75 Å². The molecule has 2 aromatic rings. The van der Waals surface area contributed by atoms with Crippen LogP contribution >= 0.6 is 0 Å². The van der Waals surface area contributed by atoms with Gasteiger partial charge in [0.15, 0.2) is 0 Å². The Labute approximate surface area is 169 Å². The number of allylic oxidation sites excluding steroid dienone is 1. The van der Waals surface area contributed by atoms with Crippen molar-refractivity contribution in [3.05, 3.63) is 72.3 Å². The third-order valence-corrected chi connectivity index (χ3v) is 3.98. The molecule has 1 atom stereocenters. The molecule has 0 heterocycles. The fourth-order valence-corrected chi connectivity index (χ4v) is 2.64. The highest BCUT2D eigenvalue weighted by Gasteiger charge is 2.17. The quantitative estimate of drug-likeness (QED) is 0.387. The molecule has 3 N–H and O–H groups in total. The van der Waals surface area contributed by atoms with Gasteiger partial charge >= 0.3 is 12.1 Å². The Bertz CT molecular complexity index is 789. The number of aliphatic hydroxyl groups excluding tert-OH is 1. The third-order valence-electron chi connectivity index (χ3n) is 3.98. The number of nitrogens with one attached hydrogen (secondary N) is 1. The average Bonchev–Trinajstić information content (AvgIpc) is 2.72. The number of carbonyl (C=O) groups excluding carboxylic acids is 1. The van der Waals surface area contributed by atoms with Crippen LogP contribution in [0.2, 0.25) is 0 Å². The molecule has 2 rings (SSSR count). The van der Waals surface area contributed by atoms with E-state index in [1.165, 1.54) is 0 Å². The summed E-state index contributed by atoms with van der Waals surface area (Å²) in [7, 11) is 0. The van der Waals surface area contributed by atoms with Crippen LogP contribution in [0, 0.1) is 0 Å². The number of para-hydroxylation sites is 1. The van der Waals surface area contributed by atoms with Crippen molar-refractivity contribution in [2.45, 2.75) is 25.4 Å². The first kappa shape index (κ1) is 22.0. The summed E-state index contributed by atoms with van der Waals surface area (Å²) in [5.74, 6) is -0.377. The minimum Gasteiger partial charge on any atom is -0.491 e. The number of hydrogen-bond acceptors (Lipinski definition) is 5. The van der Waals surface area contributed by atoms with Gasteiger partial charge in [-0.25, -0.2) is 9.59 Å². The molecule has 154 valence electrons. The molecule has 0 saturated heterocycles. The fourth-order valence-electron chi connectivity index (χ4n) is 2.64. The zero-order valence-electron chi connectivity index (χ0n) is 16.0. The molecule has 0 radical (unpaired) electrons. The van der Waals surface area contributed by atoms with E-state index < -0.39 is 18.2 Å². The summed E-state index contributed by atoms with van der Waals surface area (Å²) in [6.07, 6.45) is 3.36. The number of ether oxygens (including phenoxy) is 2. The summed E-state index contributed by atoms with van der Waals surface area (Å²) >= 11 is 0. The van der Waals surface area contributed by atoms with Crippen molar-refractivity contribution >= 4 is 17.7 Å². The molecule has 2 aromatic carbocycles. The van der Waals surface area contributed by atoms with Crippen LogP contribution in [0.15, 0.2) is 66.7 Å². The maximum Gasteiger partial charge on any atom is 0.412 e. The average molecular weight is 399 g/mol. The van der Waals surface area contributed by atoms with Gasteiger partial charge in [0.2, 0.25) is 0 Å². The maximum atomic E-state index is 12.3. The third kappa shape index (κ3) is 8.49. The van der Waals surface area contributed by atoms with Gasteiger partial charge < -0.3 is 19.7 Å². The summed E-state index contributed by atoms with van der Waals surface area (Å²) in [5, 5.41) is 20.2. The Kier molecular flexibility index (Phi) is 9.24. The predicted octanol–water partition coefficient (Wildman–Crippen LogP) is 4.16. The Morgan fingerprint density at radius 3 is 2.45 bits per heavy atom. The molecule has 7 nitrogen and oxygen atoms in total. The molecule has 0 unspecified atom stereocenters. The van der Waals surface area contributed by atoms with Crippen molar-refractivity contribution in [2.24, 2.45) is 0 Å². The maximum absolute atomic E-state index is 12.3. The van der Waals surface area contributed by atoms with Crippen molar-refractivity contribution in [1.29, 1.82) is 0 Å². The van der Waals surface area contributed by atoms with Crippen LogP contribution in [0.25, 0.3) is 0 Å². The highest BCUT2D eigenvalue weighted by Crippen LogP contribution is 2.26. The number of hydrogen-bond donors (Lipinski definition) is 3. The number of carbonyl (C=O) groups is 2. The van der Waals surface area contributed by atoms with Crippen molar-refractivity contribution in [3.63, 3.8) is 0 Å². The number of anilines is 1. The molecule has 0 aromatic heterocycles. The molecule has 0 aliphatic carbocycles. The second-order valence-electron chi connectivity index (χ2n) is 6.20. The predicted molar refractivity (Wildman–Crippen MR) is 109 cm³/mol. The Hall–Kier alpha value is -3.32. The smallest absolute Gasteiger partial charge is 0.412 e. The van der Waals surface area contributed by atoms with E-state index in [2.05, 4.69) is 5.32 Å². The minimum absolute atomic E-state index is 0.0724. The molecule has 29 heavy (non-hydrogen) atoms. The monoisotopic (exact) mass is 399 g/mol. The van der Waals surface area contributed by atoms with Gasteiger partial charge in [-0.3, -0.25) is 5.32 Å². The first-order chi connectivity index (χ1) is 14.1. The molecule has 1 amide bonds. The zero-order valence-corrected chi connectivity index (χ0v) is 16.0. The van der Waals surface area contributed by atoms with Crippen molar-refractivity contribution < 1.29 is 29.3 Å². The second-order valence-corrected chi connectivity index (χ2v) is 6.20. The van der Waals surface area contributed by atoms with E-state index in [1.807, 2.05) is 18.2 Å². The highest BCUT2D eigenvalue weighted by molar-refractivity contribution is 5.84. The van der Waals surface area contributed by atoms with Gasteiger partial charge in [0.1, 0.15) is 18.5 Å². The van der Waals surface area contributed by atoms with Crippen LogP contribution in [0.4, 0.5) is 10.5 Å². The zero-order chi connectivity index (χ0) is 20.9. The van der Waals surface area contributed by atoms with Gasteiger partial charge in [0, 0.05) is 11.8 Å². The van der Waals surface area contributed by atoms with E-state index in [4.69, 9.17) is 19.7 Å². The van der Waals surface area contributed by atoms with E-state index in [0.29, 0.717) is 30.7 Å². The summed E-state index contributed by atoms with van der Waals surface area (Å²) in [5.41, 5.74) is 1.43. The number of rotatable bonds is 11. The number of aliphatic carboxylic acids is 1. The molecule has 0 aliphatic rings. The summed E-state index contributed by atoms with van der Waals surface area (Å²) in [6.45, 7) is 0.131. The molecular formula is C22H25NO6. The number of benzene rings is 2. The molecule has 0 fully saturated rings. The van der Waals surface area contributed by atoms with Crippen LogP contribution < -0.4 is 10.1 Å². The van der Waals surface area contributed by atoms with E-state index in [-0.39, 0.29) is 13.2 Å². The number of aliphatic hydroxyl groups is 1. The summed E-state index contributed by atoms with van der Waals surface area (Å²) in [6, 6.07) is 16.1. The second kappa shape index (κ2) is 12.2. The lowest BCUT2D eigenvalue weighted by atomic mass is 10.0. The molecule has 7 heteroatoms. The Morgan fingerprint density at radius 2 is 1.79 bits per heavy atom. The highest BCUT2D eigenvalue weighted by atomic mass is 16.6. The van der Waals surface area contributed by atoms with Crippen LogP contribution in [0.3, 0.4) is 0 Å². The van der Waals surface area contributed by atoms with Crippen LogP contribution in [0.1, 0.15) is 30.9 Å². The van der Waals surface area contributed by atoms with Gasteiger partial charge in [-0.1, -0.05) is 36.4 Å². The number of carboxylic acid groups (broad SMARTS) is 1. The van der Waals surface area contributed by atoms with Gasteiger partial charge in [-0.2, -0.15) is 0 Å². The summed E-state index contributed by atoms with van der Waals surface area (Å²) in [4.78, 5) is 22.9. The lowest BCUT2D eigenvalue weighted by molar-refractivity contribution is -0.131. The minimum atomic E-state index is -0.987.